The first-order chi connectivity index (χ1) is 16.4. The van der Waals surface area contributed by atoms with Crippen LogP contribution in [-0.2, 0) is 0 Å². The van der Waals surface area contributed by atoms with Crippen LogP contribution in [0.3, 0.4) is 0 Å². The summed E-state index contributed by atoms with van der Waals surface area (Å²) in [5, 5.41) is 17.7. The van der Waals surface area contributed by atoms with Gasteiger partial charge in [0.15, 0.2) is 0 Å². The number of benzene rings is 3. The van der Waals surface area contributed by atoms with E-state index in [1.807, 2.05) is 0 Å². The fraction of sp³-hybridized carbons (Fsp3) is 0.125. The van der Waals surface area contributed by atoms with Crippen LogP contribution in [0.25, 0.3) is 0 Å². The highest BCUT2D eigenvalue weighted by atomic mass is 16.6. The largest absolute Gasteiger partial charge is 0.497 e. The number of methoxy groups -OCH3 is 1. The summed E-state index contributed by atoms with van der Waals surface area (Å²) >= 11 is 0. The molecule has 10 nitrogen and oxygen atoms in total. The molecule has 0 bridgehead atoms. The van der Waals surface area contributed by atoms with Crippen molar-refractivity contribution in [2.24, 2.45) is 5.10 Å². The summed E-state index contributed by atoms with van der Waals surface area (Å²) in [4.78, 5) is 35.5. The van der Waals surface area contributed by atoms with E-state index in [2.05, 4.69) is 15.8 Å². The third kappa shape index (κ3) is 6.16. The molecule has 0 saturated carbocycles. The van der Waals surface area contributed by atoms with E-state index in [1.165, 1.54) is 37.6 Å². The Labute approximate surface area is 195 Å². The predicted octanol–water partition coefficient (Wildman–Crippen LogP) is 4.02. The second-order valence-corrected chi connectivity index (χ2v) is 6.87. The molecule has 0 aliphatic heterocycles. The number of anilines is 1. The molecule has 0 atom stereocenters. The molecule has 0 spiro atoms. The number of nitrogens with zero attached hydrogens (tertiary/aromatic N) is 2. The molecular weight excluding hydrogens is 440 g/mol. The maximum absolute atomic E-state index is 12.5. The average Bonchev–Trinajstić information content (AvgIpc) is 2.85. The number of rotatable bonds is 9. The van der Waals surface area contributed by atoms with Gasteiger partial charge in [-0.2, -0.15) is 5.10 Å². The number of nitro benzene ring substituents is 1. The van der Waals surface area contributed by atoms with E-state index in [0.29, 0.717) is 34.9 Å². The van der Waals surface area contributed by atoms with E-state index < -0.39 is 10.8 Å². The van der Waals surface area contributed by atoms with Crippen LogP contribution in [-0.4, -0.2) is 36.7 Å². The van der Waals surface area contributed by atoms with Crippen molar-refractivity contribution in [3.05, 3.63) is 93.5 Å². The van der Waals surface area contributed by atoms with Crippen LogP contribution in [0, 0.1) is 10.1 Å². The van der Waals surface area contributed by atoms with Gasteiger partial charge in [0.1, 0.15) is 11.5 Å². The van der Waals surface area contributed by atoms with Gasteiger partial charge in [-0.3, -0.25) is 19.7 Å². The van der Waals surface area contributed by atoms with E-state index in [4.69, 9.17) is 9.47 Å². The van der Waals surface area contributed by atoms with E-state index in [-0.39, 0.29) is 17.2 Å². The number of amides is 2. The van der Waals surface area contributed by atoms with E-state index >= 15 is 0 Å². The van der Waals surface area contributed by atoms with Crippen LogP contribution in [0.15, 0.2) is 71.8 Å². The number of hydrogen-bond donors (Lipinski definition) is 2. The molecule has 0 heterocycles. The summed E-state index contributed by atoms with van der Waals surface area (Å²) in [6.45, 7) is 2.14. The van der Waals surface area contributed by atoms with Crippen molar-refractivity contribution < 1.29 is 24.0 Å². The minimum Gasteiger partial charge on any atom is -0.497 e. The molecule has 10 heteroatoms. The Morgan fingerprint density at radius 1 is 1.03 bits per heavy atom. The quantitative estimate of drug-likeness (QED) is 0.280. The van der Waals surface area contributed by atoms with Crippen LogP contribution in [0.2, 0.25) is 0 Å². The molecule has 0 aromatic heterocycles. The fourth-order valence-electron chi connectivity index (χ4n) is 2.95. The van der Waals surface area contributed by atoms with Crippen molar-refractivity contribution in [1.29, 1.82) is 0 Å². The molecule has 0 unspecified atom stereocenters. The molecule has 34 heavy (non-hydrogen) atoms. The molecule has 0 fully saturated rings. The molecular formula is C24H22N4O6. The molecule has 0 radical (unpaired) electrons. The van der Waals surface area contributed by atoms with Gasteiger partial charge >= 0.3 is 0 Å². The average molecular weight is 462 g/mol. The van der Waals surface area contributed by atoms with Crippen molar-refractivity contribution in [1.82, 2.24) is 5.43 Å². The molecule has 0 aliphatic carbocycles. The number of hydrogen-bond acceptors (Lipinski definition) is 7. The van der Waals surface area contributed by atoms with E-state index in [1.54, 1.807) is 49.4 Å². The number of ether oxygens (including phenoxy) is 2. The van der Waals surface area contributed by atoms with Crippen molar-refractivity contribution in [2.75, 3.05) is 19.0 Å². The number of nitro groups is 1. The van der Waals surface area contributed by atoms with Crippen molar-refractivity contribution >= 4 is 29.4 Å². The maximum atomic E-state index is 12.5. The molecule has 3 aromatic rings. The summed E-state index contributed by atoms with van der Waals surface area (Å²) in [6.07, 6.45) is 1.27. The number of carbonyl (C=O) groups excluding carboxylic acids is 2. The normalized spacial score (nSPS) is 10.5. The first kappa shape index (κ1) is 23.9. The van der Waals surface area contributed by atoms with Crippen LogP contribution in [0.1, 0.15) is 33.2 Å². The highest BCUT2D eigenvalue weighted by molar-refractivity contribution is 6.05. The lowest BCUT2D eigenvalue weighted by Gasteiger charge is -2.08. The summed E-state index contributed by atoms with van der Waals surface area (Å²) in [7, 11) is 1.54. The molecule has 3 rings (SSSR count). The molecule has 0 saturated heterocycles. The third-order valence-electron chi connectivity index (χ3n) is 4.61. The van der Waals surface area contributed by atoms with Gasteiger partial charge in [0.2, 0.25) is 0 Å². The van der Waals surface area contributed by atoms with Crippen molar-refractivity contribution in [2.45, 2.75) is 6.92 Å². The van der Waals surface area contributed by atoms with Crippen LogP contribution < -0.4 is 20.2 Å². The summed E-state index contributed by atoms with van der Waals surface area (Å²) < 4.78 is 10.5. The number of nitrogens with one attached hydrogen (secondary N) is 2. The monoisotopic (exact) mass is 462 g/mol. The minimum absolute atomic E-state index is 0.128. The first-order valence-corrected chi connectivity index (χ1v) is 10.2. The van der Waals surface area contributed by atoms with Gasteiger partial charge in [-0.25, -0.2) is 5.43 Å². The van der Waals surface area contributed by atoms with Crippen LogP contribution in [0.5, 0.6) is 11.5 Å². The van der Waals surface area contributed by atoms with Gasteiger partial charge in [-0.15, -0.1) is 0 Å². The van der Waals surface area contributed by atoms with Crippen molar-refractivity contribution in [3.8, 4) is 11.5 Å². The standard InChI is InChI=1S/C24H22N4O6/c1-3-34-22-12-9-20(28(31)32)14-18(22)15-25-27-24(30)17-5-4-6-19(13-17)26-23(29)16-7-10-21(33-2)11-8-16/h4-15H,3H2,1-2H3,(H,26,29)(H,27,30)/b25-15+. The zero-order valence-electron chi connectivity index (χ0n) is 18.5. The lowest BCUT2D eigenvalue weighted by Crippen LogP contribution is -2.18. The Kier molecular flexibility index (Phi) is 7.90. The lowest BCUT2D eigenvalue weighted by molar-refractivity contribution is -0.384. The van der Waals surface area contributed by atoms with Gasteiger partial charge in [0.05, 0.1) is 24.9 Å². The predicted molar refractivity (Wildman–Crippen MR) is 127 cm³/mol. The maximum Gasteiger partial charge on any atom is 0.271 e. The summed E-state index contributed by atoms with van der Waals surface area (Å²) in [5.74, 6) is 0.163. The molecule has 2 amide bonds. The second-order valence-electron chi connectivity index (χ2n) is 6.87. The topological polar surface area (TPSA) is 132 Å². The highest BCUT2D eigenvalue weighted by Gasteiger charge is 2.12. The Balaban J connectivity index is 1.68. The Bertz CT molecular complexity index is 1220. The second kappa shape index (κ2) is 11.2. The zero-order valence-corrected chi connectivity index (χ0v) is 18.5. The van der Waals surface area contributed by atoms with Gasteiger partial charge < -0.3 is 14.8 Å². The van der Waals surface area contributed by atoms with Gasteiger partial charge in [-0.05, 0) is 55.5 Å². The zero-order chi connectivity index (χ0) is 24.5. The number of hydrazone groups is 1. The molecule has 3 aromatic carbocycles. The van der Waals surface area contributed by atoms with Gasteiger partial charge in [0, 0.05) is 34.5 Å². The summed E-state index contributed by atoms with van der Waals surface area (Å²) in [5.41, 5.74) is 3.70. The minimum atomic E-state index is -0.530. The molecule has 174 valence electrons. The Hall–Kier alpha value is -4.73. The first-order valence-electron chi connectivity index (χ1n) is 10.2. The SMILES string of the molecule is CCOc1ccc([N+](=O)[O-])cc1/C=N/NC(=O)c1cccc(NC(=O)c2ccc(OC)cc2)c1. The number of non-ortho nitro benzene ring substituents is 1. The Morgan fingerprint density at radius 3 is 2.47 bits per heavy atom. The van der Waals surface area contributed by atoms with Crippen LogP contribution in [0.4, 0.5) is 11.4 Å². The third-order valence-corrected chi connectivity index (χ3v) is 4.61. The fourth-order valence-corrected chi connectivity index (χ4v) is 2.95. The lowest BCUT2D eigenvalue weighted by atomic mass is 10.1. The van der Waals surface area contributed by atoms with Gasteiger partial charge in [-0.1, -0.05) is 6.07 Å². The molecule has 0 aliphatic rings. The smallest absolute Gasteiger partial charge is 0.271 e. The van der Waals surface area contributed by atoms with Gasteiger partial charge in [0.25, 0.3) is 17.5 Å². The van der Waals surface area contributed by atoms with Crippen LogP contribution >= 0.6 is 0 Å². The summed E-state index contributed by atoms with van der Waals surface area (Å²) in [6, 6.07) is 17.0. The highest BCUT2D eigenvalue weighted by Crippen LogP contribution is 2.23. The Morgan fingerprint density at radius 2 is 1.79 bits per heavy atom. The van der Waals surface area contributed by atoms with E-state index in [9.17, 15) is 19.7 Å². The van der Waals surface area contributed by atoms with E-state index in [0.717, 1.165) is 0 Å². The van der Waals surface area contributed by atoms with Crippen molar-refractivity contribution in [3.63, 3.8) is 0 Å². The number of carbonyl (C=O) groups is 2. The molecule has 2 N–H and O–H groups in total.